The molecule has 4 rings (SSSR count). The fourth-order valence-corrected chi connectivity index (χ4v) is 3.52. The van der Waals surface area contributed by atoms with Crippen LogP contribution in [0.3, 0.4) is 0 Å². The summed E-state index contributed by atoms with van der Waals surface area (Å²) < 4.78 is 17.1. The highest BCUT2D eigenvalue weighted by Crippen LogP contribution is 2.30. The third-order valence-electron chi connectivity index (χ3n) is 4.25. The lowest BCUT2D eigenvalue weighted by atomic mass is 10.3. The molecule has 1 amide bonds. The summed E-state index contributed by atoms with van der Waals surface area (Å²) in [7, 11) is 2.81. The lowest BCUT2D eigenvalue weighted by Gasteiger charge is -2.13. The molecular formula is C19H17N7O5S. The molecule has 4 heterocycles. The molecule has 0 saturated heterocycles. The average molecular weight is 455 g/mol. The molecule has 4 aromatic heterocycles. The van der Waals surface area contributed by atoms with E-state index in [1.54, 1.807) is 23.1 Å². The van der Waals surface area contributed by atoms with Crippen LogP contribution in [0, 0.1) is 6.92 Å². The molecule has 0 fully saturated rings. The second-order valence-corrected chi connectivity index (χ2v) is 7.23. The third kappa shape index (κ3) is 4.13. The van der Waals surface area contributed by atoms with Crippen molar-refractivity contribution in [3.63, 3.8) is 0 Å². The summed E-state index contributed by atoms with van der Waals surface area (Å²) in [6, 6.07) is 4.79. The van der Waals surface area contributed by atoms with Gasteiger partial charge in [-0.3, -0.25) is 15.1 Å². The number of aryl methyl sites for hydroxylation is 1. The summed E-state index contributed by atoms with van der Waals surface area (Å²) in [6.45, 7) is 1.87. The maximum atomic E-state index is 12.7. The molecule has 12 nitrogen and oxygen atoms in total. The Morgan fingerprint density at radius 1 is 1.16 bits per heavy atom. The van der Waals surface area contributed by atoms with Crippen molar-refractivity contribution in [1.29, 1.82) is 0 Å². The smallest absolute Gasteiger partial charge is 0.381 e. The zero-order valence-electron chi connectivity index (χ0n) is 17.1. The van der Waals surface area contributed by atoms with Gasteiger partial charge < -0.3 is 19.2 Å². The minimum atomic E-state index is -0.837. The monoisotopic (exact) mass is 455 g/mol. The van der Waals surface area contributed by atoms with Gasteiger partial charge in [-0.15, -0.1) is 10.2 Å². The zero-order chi connectivity index (χ0) is 22.7. The zero-order valence-corrected chi connectivity index (χ0v) is 18.0. The first kappa shape index (κ1) is 21.0. The summed E-state index contributed by atoms with van der Waals surface area (Å²) in [5.74, 6) is -0.574. The van der Waals surface area contributed by atoms with Gasteiger partial charge in [-0.25, -0.2) is 9.48 Å². The van der Waals surface area contributed by atoms with Crippen LogP contribution in [-0.2, 0) is 0 Å². The third-order valence-corrected chi connectivity index (χ3v) is 5.07. The first-order chi connectivity index (χ1) is 15.5. The molecule has 0 spiro atoms. The summed E-state index contributed by atoms with van der Waals surface area (Å²) in [4.78, 5) is 29.1. The molecule has 0 aliphatic carbocycles. The molecule has 0 aliphatic heterocycles. The number of nitrogens with zero attached hydrogens (tertiary/aromatic N) is 5. The molecule has 32 heavy (non-hydrogen) atoms. The van der Waals surface area contributed by atoms with E-state index < -0.39 is 11.5 Å². The number of hydrogen-bond acceptors (Lipinski definition) is 11. The van der Waals surface area contributed by atoms with E-state index in [0.717, 1.165) is 17.0 Å². The Hall–Kier alpha value is -4.26. The molecule has 13 heteroatoms. The summed E-state index contributed by atoms with van der Waals surface area (Å²) in [5, 5.41) is 18.3. The summed E-state index contributed by atoms with van der Waals surface area (Å²) in [5.41, 5.74) is 0.691. The molecule has 0 saturated carbocycles. The van der Waals surface area contributed by atoms with Crippen molar-refractivity contribution < 1.29 is 18.7 Å². The number of methoxy groups -OCH3 is 2. The van der Waals surface area contributed by atoms with Gasteiger partial charge in [-0.2, -0.15) is 5.10 Å². The molecule has 164 valence electrons. The van der Waals surface area contributed by atoms with Crippen molar-refractivity contribution in [2.45, 2.75) is 6.92 Å². The molecule has 0 aromatic carbocycles. The number of ether oxygens (including phenoxy) is 2. The average Bonchev–Trinajstić information content (AvgIpc) is 3.42. The van der Waals surface area contributed by atoms with Crippen molar-refractivity contribution in [1.82, 2.24) is 25.0 Å². The van der Waals surface area contributed by atoms with Crippen molar-refractivity contribution >= 4 is 33.8 Å². The van der Waals surface area contributed by atoms with Crippen molar-refractivity contribution in [2.75, 3.05) is 24.9 Å². The fraction of sp³-hybridized carbons (Fsp3) is 0.158. The van der Waals surface area contributed by atoms with Gasteiger partial charge in [0.15, 0.2) is 5.76 Å². The van der Waals surface area contributed by atoms with E-state index in [1.165, 1.54) is 26.5 Å². The predicted octanol–water partition coefficient (Wildman–Crippen LogP) is 2.39. The van der Waals surface area contributed by atoms with E-state index in [0.29, 0.717) is 16.6 Å². The molecule has 0 radical (unpaired) electrons. The fourth-order valence-electron chi connectivity index (χ4n) is 2.76. The maximum absolute atomic E-state index is 12.7. The van der Waals surface area contributed by atoms with Crippen molar-refractivity contribution in [2.24, 2.45) is 0 Å². The molecule has 0 unspecified atom stereocenters. The Kier molecular flexibility index (Phi) is 5.81. The number of aromatic nitrogens is 5. The number of carbonyl (C=O) groups excluding carboxylic acids is 1. The van der Waals surface area contributed by atoms with E-state index in [4.69, 9.17) is 13.9 Å². The minimum Gasteiger partial charge on any atom is -0.494 e. The molecule has 2 N–H and O–H groups in total. The SMILES string of the molecule is COc1ccncc1Nc1cc(C(=O)Nc2nnc(-n3nccc3C)s2)oc(=O)c1OC. The van der Waals surface area contributed by atoms with Gasteiger partial charge in [0, 0.05) is 30.2 Å². The normalized spacial score (nSPS) is 10.6. The van der Waals surface area contributed by atoms with Gasteiger partial charge in [0.05, 0.1) is 31.8 Å². The number of hydrogen-bond donors (Lipinski definition) is 2. The van der Waals surface area contributed by atoms with Gasteiger partial charge >= 0.3 is 5.63 Å². The first-order valence-electron chi connectivity index (χ1n) is 9.13. The number of pyridine rings is 1. The second kappa shape index (κ2) is 8.85. The molecule has 0 bridgehead atoms. The highest BCUT2D eigenvalue weighted by Gasteiger charge is 2.20. The largest absolute Gasteiger partial charge is 0.494 e. The van der Waals surface area contributed by atoms with Crippen LogP contribution in [0.5, 0.6) is 11.5 Å². The van der Waals surface area contributed by atoms with Crippen LogP contribution in [-0.4, -0.2) is 45.1 Å². The number of rotatable bonds is 7. The van der Waals surface area contributed by atoms with E-state index in [1.807, 2.05) is 13.0 Å². The first-order valence-corrected chi connectivity index (χ1v) is 9.95. The molecule has 0 atom stereocenters. The Morgan fingerprint density at radius 3 is 2.72 bits per heavy atom. The minimum absolute atomic E-state index is 0.111. The van der Waals surface area contributed by atoms with Gasteiger partial charge in [0.1, 0.15) is 5.75 Å². The van der Waals surface area contributed by atoms with Crippen LogP contribution in [0.15, 0.2) is 46.0 Å². The van der Waals surface area contributed by atoms with Crippen molar-refractivity contribution in [3.8, 4) is 16.6 Å². The Bertz CT molecular complexity index is 1330. The van der Waals surface area contributed by atoms with E-state index in [9.17, 15) is 9.59 Å². The van der Waals surface area contributed by atoms with Gasteiger partial charge in [-0.1, -0.05) is 11.3 Å². The highest BCUT2D eigenvalue weighted by atomic mass is 32.1. The number of carbonyl (C=O) groups is 1. The van der Waals surface area contributed by atoms with Gasteiger partial charge in [0.25, 0.3) is 5.91 Å². The van der Waals surface area contributed by atoms with Gasteiger partial charge in [0.2, 0.25) is 16.0 Å². The Balaban J connectivity index is 1.61. The van der Waals surface area contributed by atoms with Crippen molar-refractivity contribution in [3.05, 3.63) is 58.7 Å². The molecule has 0 aliphatic rings. The Morgan fingerprint density at radius 2 is 2.00 bits per heavy atom. The highest BCUT2D eigenvalue weighted by molar-refractivity contribution is 7.17. The van der Waals surface area contributed by atoms with Crippen LogP contribution in [0.25, 0.3) is 5.13 Å². The van der Waals surface area contributed by atoms with E-state index in [-0.39, 0.29) is 22.3 Å². The quantitative estimate of drug-likeness (QED) is 0.426. The van der Waals surface area contributed by atoms with E-state index >= 15 is 0 Å². The number of amides is 1. The van der Waals surface area contributed by atoms with Crippen LogP contribution in [0.1, 0.15) is 16.2 Å². The topological polar surface area (TPSA) is 146 Å². The molecule has 4 aromatic rings. The van der Waals surface area contributed by atoms with Crippen LogP contribution in [0.2, 0.25) is 0 Å². The van der Waals surface area contributed by atoms with Gasteiger partial charge in [-0.05, 0) is 13.0 Å². The van der Waals surface area contributed by atoms with Crippen LogP contribution < -0.4 is 25.7 Å². The summed E-state index contributed by atoms with van der Waals surface area (Å²) in [6.07, 6.45) is 4.69. The molecular weight excluding hydrogens is 438 g/mol. The lowest BCUT2D eigenvalue weighted by Crippen LogP contribution is -2.17. The summed E-state index contributed by atoms with van der Waals surface area (Å²) >= 11 is 1.11. The van der Waals surface area contributed by atoms with Crippen LogP contribution in [0.4, 0.5) is 16.5 Å². The standard InChI is InChI=1S/C19H17N7O5S/c1-10-4-7-21-26(10)19-25-24-18(32-19)23-16(27)14-8-11(15(30-3)17(28)31-14)22-12-9-20-6-5-13(12)29-2/h4-9,22H,1-3H3,(H,23,24,27). The van der Waals surface area contributed by atoms with Crippen LogP contribution >= 0.6 is 11.3 Å². The number of nitrogens with one attached hydrogen (secondary N) is 2. The second-order valence-electron chi connectivity index (χ2n) is 6.27. The maximum Gasteiger partial charge on any atom is 0.381 e. The number of anilines is 3. The Labute approximate surface area is 184 Å². The van der Waals surface area contributed by atoms with E-state index in [2.05, 4.69) is 30.9 Å². The lowest BCUT2D eigenvalue weighted by molar-refractivity contribution is 0.0991. The predicted molar refractivity (Wildman–Crippen MR) is 115 cm³/mol.